The van der Waals surface area contributed by atoms with Crippen molar-refractivity contribution < 1.29 is 0 Å². The molecule has 0 radical (unpaired) electrons. The van der Waals surface area contributed by atoms with Crippen molar-refractivity contribution in [1.82, 2.24) is 9.97 Å². The van der Waals surface area contributed by atoms with Gasteiger partial charge in [0.1, 0.15) is 11.3 Å². The first-order valence-electron chi connectivity index (χ1n) is 5.09. The molecule has 0 spiro atoms. The molecule has 0 aliphatic heterocycles. The second-order valence-corrected chi connectivity index (χ2v) is 3.98. The Bertz CT molecular complexity index is 305. The summed E-state index contributed by atoms with van der Waals surface area (Å²) in [6, 6.07) is 0. The number of aromatic nitrogens is 2. The first-order chi connectivity index (χ1) is 7.19. The van der Waals surface area contributed by atoms with E-state index in [4.69, 9.17) is 17.3 Å². The maximum Gasteiger partial charge on any atom is 0.150 e. The molecule has 84 valence electrons. The quantitative estimate of drug-likeness (QED) is 0.831. The van der Waals surface area contributed by atoms with E-state index in [0.717, 1.165) is 18.9 Å². The highest BCUT2D eigenvalue weighted by molar-refractivity contribution is 6.32. The molecule has 5 heteroatoms. The van der Waals surface area contributed by atoms with E-state index >= 15 is 0 Å². The fourth-order valence-corrected chi connectivity index (χ4v) is 1.58. The lowest BCUT2D eigenvalue weighted by atomic mass is 10.1. The summed E-state index contributed by atoms with van der Waals surface area (Å²) in [7, 11) is 0. The summed E-state index contributed by atoms with van der Waals surface area (Å²) in [6.45, 7) is 6.57. The lowest BCUT2D eigenvalue weighted by Gasteiger charge is -2.25. The van der Waals surface area contributed by atoms with Gasteiger partial charge in [-0.25, -0.2) is 9.97 Å². The maximum absolute atomic E-state index is 6.03. The van der Waals surface area contributed by atoms with E-state index in [9.17, 15) is 0 Å². The Morgan fingerprint density at radius 1 is 1.60 bits per heavy atom. The van der Waals surface area contributed by atoms with Crippen LogP contribution in [0.3, 0.4) is 0 Å². The van der Waals surface area contributed by atoms with Crippen LogP contribution in [0.5, 0.6) is 0 Å². The normalized spacial score (nSPS) is 12.5. The summed E-state index contributed by atoms with van der Waals surface area (Å²) >= 11 is 6.03. The Balaban J connectivity index is 2.78. The molecule has 1 aromatic rings. The number of nitrogens with zero attached hydrogens (tertiary/aromatic N) is 3. The van der Waals surface area contributed by atoms with Gasteiger partial charge in [0, 0.05) is 13.1 Å². The zero-order valence-electron chi connectivity index (χ0n) is 9.15. The van der Waals surface area contributed by atoms with E-state index in [-0.39, 0.29) is 0 Å². The lowest BCUT2D eigenvalue weighted by molar-refractivity contribution is 0.573. The standard InChI is InChI=1S/C10H17ClN4/c1-3-15(6-8(2)4-12)10-9(11)5-13-7-14-10/h5,7-8H,3-4,6,12H2,1-2H3. The van der Waals surface area contributed by atoms with Crippen molar-refractivity contribution in [3.8, 4) is 0 Å². The molecule has 1 heterocycles. The summed E-state index contributed by atoms with van der Waals surface area (Å²) in [4.78, 5) is 10.2. The molecule has 1 atom stereocenters. The second-order valence-electron chi connectivity index (χ2n) is 3.57. The van der Waals surface area contributed by atoms with Crippen LogP contribution in [-0.2, 0) is 0 Å². The summed E-state index contributed by atoms with van der Waals surface area (Å²) in [5.74, 6) is 1.21. The minimum atomic E-state index is 0.427. The topological polar surface area (TPSA) is 55.0 Å². The number of halogens is 1. The fourth-order valence-electron chi connectivity index (χ4n) is 1.35. The average Bonchev–Trinajstić information content (AvgIpc) is 2.26. The highest BCUT2D eigenvalue weighted by Gasteiger charge is 2.12. The van der Waals surface area contributed by atoms with Gasteiger partial charge in [-0.2, -0.15) is 0 Å². The van der Waals surface area contributed by atoms with Crippen LogP contribution in [0.2, 0.25) is 5.02 Å². The minimum Gasteiger partial charge on any atom is -0.355 e. The number of hydrogen-bond acceptors (Lipinski definition) is 4. The molecule has 0 bridgehead atoms. The molecule has 15 heavy (non-hydrogen) atoms. The summed E-state index contributed by atoms with van der Waals surface area (Å²) in [5.41, 5.74) is 5.60. The molecule has 0 aliphatic carbocycles. The maximum atomic E-state index is 6.03. The fraction of sp³-hybridized carbons (Fsp3) is 0.600. The Labute approximate surface area is 95.5 Å². The van der Waals surface area contributed by atoms with Crippen molar-refractivity contribution in [2.45, 2.75) is 13.8 Å². The van der Waals surface area contributed by atoms with Gasteiger partial charge in [-0.05, 0) is 19.4 Å². The predicted octanol–water partition coefficient (Wildman–Crippen LogP) is 1.55. The van der Waals surface area contributed by atoms with Gasteiger partial charge < -0.3 is 10.6 Å². The third-order valence-corrected chi connectivity index (χ3v) is 2.53. The summed E-state index contributed by atoms with van der Waals surface area (Å²) < 4.78 is 0. The van der Waals surface area contributed by atoms with Gasteiger partial charge in [0.15, 0.2) is 5.82 Å². The van der Waals surface area contributed by atoms with Crippen molar-refractivity contribution >= 4 is 17.4 Å². The van der Waals surface area contributed by atoms with E-state index in [1.54, 1.807) is 6.20 Å². The van der Waals surface area contributed by atoms with Crippen LogP contribution in [-0.4, -0.2) is 29.6 Å². The Kier molecular flexibility index (Phi) is 4.78. The van der Waals surface area contributed by atoms with Gasteiger partial charge in [-0.3, -0.25) is 0 Å². The molecule has 4 nitrogen and oxygen atoms in total. The Morgan fingerprint density at radius 2 is 2.33 bits per heavy atom. The van der Waals surface area contributed by atoms with Crippen molar-refractivity contribution in [3.05, 3.63) is 17.5 Å². The molecule has 1 unspecified atom stereocenters. The molecule has 0 saturated carbocycles. The van der Waals surface area contributed by atoms with Gasteiger partial charge in [-0.1, -0.05) is 18.5 Å². The molecule has 2 N–H and O–H groups in total. The molecule has 0 fully saturated rings. The van der Waals surface area contributed by atoms with Gasteiger partial charge in [0.25, 0.3) is 0 Å². The van der Waals surface area contributed by atoms with Gasteiger partial charge in [-0.15, -0.1) is 0 Å². The Hall–Kier alpha value is -0.870. The van der Waals surface area contributed by atoms with Crippen LogP contribution in [0.4, 0.5) is 5.82 Å². The number of rotatable bonds is 5. The molecular formula is C10H17ClN4. The molecule has 1 aromatic heterocycles. The van der Waals surface area contributed by atoms with E-state index in [0.29, 0.717) is 17.5 Å². The summed E-state index contributed by atoms with van der Waals surface area (Å²) in [5, 5.41) is 0.587. The lowest BCUT2D eigenvalue weighted by Crippen LogP contribution is -2.32. The molecule has 0 aromatic carbocycles. The van der Waals surface area contributed by atoms with Crippen LogP contribution in [0.25, 0.3) is 0 Å². The molecule has 0 aliphatic rings. The van der Waals surface area contributed by atoms with Gasteiger partial charge >= 0.3 is 0 Å². The molecule has 0 saturated heterocycles. The number of hydrogen-bond donors (Lipinski definition) is 1. The zero-order valence-corrected chi connectivity index (χ0v) is 9.91. The van der Waals surface area contributed by atoms with Crippen LogP contribution in [0, 0.1) is 5.92 Å². The largest absolute Gasteiger partial charge is 0.355 e. The second kappa shape index (κ2) is 5.88. The highest BCUT2D eigenvalue weighted by atomic mass is 35.5. The monoisotopic (exact) mass is 228 g/mol. The molecule has 1 rings (SSSR count). The van der Waals surface area contributed by atoms with Crippen LogP contribution in [0.15, 0.2) is 12.5 Å². The van der Waals surface area contributed by atoms with E-state index in [1.165, 1.54) is 6.33 Å². The van der Waals surface area contributed by atoms with E-state index in [2.05, 4.69) is 28.7 Å². The van der Waals surface area contributed by atoms with Crippen molar-refractivity contribution in [3.63, 3.8) is 0 Å². The van der Waals surface area contributed by atoms with Crippen molar-refractivity contribution in [2.75, 3.05) is 24.5 Å². The smallest absolute Gasteiger partial charge is 0.150 e. The van der Waals surface area contributed by atoms with Crippen molar-refractivity contribution in [2.24, 2.45) is 11.7 Å². The Morgan fingerprint density at radius 3 is 2.87 bits per heavy atom. The van der Waals surface area contributed by atoms with Gasteiger partial charge in [0.2, 0.25) is 0 Å². The molecule has 0 amide bonds. The zero-order chi connectivity index (χ0) is 11.3. The van der Waals surface area contributed by atoms with Crippen LogP contribution in [0.1, 0.15) is 13.8 Å². The van der Waals surface area contributed by atoms with Crippen LogP contribution >= 0.6 is 11.6 Å². The SMILES string of the molecule is CCN(CC(C)CN)c1ncncc1Cl. The third kappa shape index (κ3) is 3.32. The minimum absolute atomic E-state index is 0.427. The third-order valence-electron chi connectivity index (χ3n) is 2.26. The van der Waals surface area contributed by atoms with Gasteiger partial charge in [0.05, 0.1) is 6.20 Å². The van der Waals surface area contributed by atoms with E-state index in [1.807, 2.05) is 0 Å². The first-order valence-corrected chi connectivity index (χ1v) is 5.47. The van der Waals surface area contributed by atoms with Crippen molar-refractivity contribution in [1.29, 1.82) is 0 Å². The van der Waals surface area contributed by atoms with Crippen LogP contribution < -0.4 is 10.6 Å². The molecular weight excluding hydrogens is 212 g/mol. The highest BCUT2D eigenvalue weighted by Crippen LogP contribution is 2.21. The van der Waals surface area contributed by atoms with E-state index < -0.39 is 0 Å². The summed E-state index contributed by atoms with van der Waals surface area (Å²) in [6.07, 6.45) is 3.12. The predicted molar refractivity (Wildman–Crippen MR) is 63.1 cm³/mol. The number of anilines is 1. The number of nitrogens with two attached hydrogens (primary N) is 1. The average molecular weight is 229 g/mol. The first kappa shape index (κ1) is 12.2.